The summed E-state index contributed by atoms with van der Waals surface area (Å²) in [6, 6.07) is 8.78. The van der Waals surface area contributed by atoms with Gasteiger partial charge in [-0.25, -0.2) is 0 Å². The second-order valence-corrected chi connectivity index (χ2v) is 7.39. The molecule has 2 aromatic rings. The van der Waals surface area contributed by atoms with Crippen molar-refractivity contribution < 1.29 is 4.79 Å². The monoisotopic (exact) mass is 322 g/mol. The average molecular weight is 322 g/mol. The lowest BCUT2D eigenvalue weighted by molar-refractivity contribution is 0.0565. The molecule has 0 bridgehead atoms. The molecule has 2 atom stereocenters. The van der Waals surface area contributed by atoms with Crippen molar-refractivity contribution in [1.29, 1.82) is 0 Å². The maximum Gasteiger partial charge on any atom is 0.270 e. The fourth-order valence-electron chi connectivity index (χ4n) is 4.26. The van der Waals surface area contributed by atoms with Crippen molar-refractivity contribution in [1.82, 2.24) is 19.4 Å². The Morgan fingerprint density at radius 1 is 1.12 bits per heavy atom. The summed E-state index contributed by atoms with van der Waals surface area (Å²) < 4.78 is 2.21. The number of amides is 1. The predicted octanol–water partition coefficient (Wildman–Crippen LogP) is 2.17. The third-order valence-electron chi connectivity index (χ3n) is 5.63. The van der Waals surface area contributed by atoms with Crippen molar-refractivity contribution in [2.45, 2.75) is 31.5 Å². The van der Waals surface area contributed by atoms with Crippen LogP contribution < -0.4 is 0 Å². The number of hydrogen-bond donors (Lipinski definition) is 0. The lowest BCUT2D eigenvalue weighted by atomic mass is 10.1. The zero-order valence-corrected chi connectivity index (χ0v) is 13.7. The smallest absolute Gasteiger partial charge is 0.270 e. The molecule has 0 N–H and O–H groups in total. The zero-order chi connectivity index (χ0) is 16.1. The summed E-state index contributed by atoms with van der Waals surface area (Å²) in [5.74, 6) is 0.944. The van der Waals surface area contributed by atoms with E-state index >= 15 is 0 Å². The Morgan fingerprint density at radius 2 is 2.00 bits per heavy atom. The Morgan fingerprint density at radius 3 is 2.79 bits per heavy atom. The van der Waals surface area contributed by atoms with Crippen LogP contribution in [0, 0.1) is 5.92 Å². The largest absolute Gasteiger partial charge is 0.337 e. The van der Waals surface area contributed by atoms with E-state index in [9.17, 15) is 4.79 Å². The third-order valence-corrected chi connectivity index (χ3v) is 5.63. The van der Waals surface area contributed by atoms with Gasteiger partial charge in [0, 0.05) is 44.8 Å². The Bertz CT molecular complexity index is 752. The standard InChI is InChI=1S/C19H22N4O/c24-19-16-4-2-8-22(16)17-12-21(10-15-3-1-7-20-9-15)13-18(17)23(19)11-14-5-6-14/h1-4,7-9,14,17-18H,5-6,10-13H2/t17-,18-/m1/s1. The van der Waals surface area contributed by atoms with Crippen LogP contribution in [0.1, 0.15) is 34.9 Å². The fraction of sp³-hybridized carbons (Fsp3) is 0.474. The summed E-state index contributed by atoms with van der Waals surface area (Å²) in [6.45, 7) is 3.79. The first kappa shape index (κ1) is 14.2. The van der Waals surface area contributed by atoms with Crippen molar-refractivity contribution in [2.75, 3.05) is 19.6 Å². The van der Waals surface area contributed by atoms with Crippen LogP contribution >= 0.6 is 0 Å². The minimum Gasteiger partial charge on any atom is -0.337 e. The zero-order valence-electron chi connectivity index (χ0n) is 13.7. The minimum atomic E-state index is 0.219. The third kappa shape index (κ3) is 2.35. The number of rotatable bonds is 4. The predicted molar refractivity (Wildman–Crippen MR) is 90.5 cm³/mol. The second kappa shape index (κ2) is 5.45. The van der Waals surface area contributed by atoms with Gasteiger partial charge in [0.25, 0.3) is 5.91 Å². The number of pyridine rings is 1. The molecular formula is C19H22N4O. The van der Waals surface area contributed by atoms with Gasteiger partial charge in [-0.1, -0.05) is 6.07 Å². The molecule has 2 aromatic heterocycles. The van der Waals surface area contributed by atoms with Crippen molar-refractivity contribution in [3.8, 4) is 0 Å². The molecule has 2 aliphatic heterocycles. The Labute approximate surface area is 141 Å². The van der Waals surface area contributed by atoms with E-state index < -0.39 is 0 Å². The number of carbonyl (C=O) groups excluding carboxylic acids is 1. The molecule has 2 fully saturated rings. The van der Waals surface area contributed by atoms with E-state index in [0.717, 1.165) is 37.8 Å². The van der Waals surface area contributed by atoms with Gasteiger partial charge in [-0.05, 0) is 42.5 Å². The molecule has 1 saturated carbocycles. The maximum absolute atomic E-state index is 12.9. The Hall–Kier alpha value is -2.14. The molecule has 1 aliphatic carbocycles. The van der Waals surface area contributed by atoms with E-state index in [-0.39, 0.29) is 5.91 Å². The SMILES string of the molecule is O=C1c2cccn2[C@@H]2CN(Cc3cccnc3)C[C@H]2N1CC1CC1. The average Bonchev–Trinajstić information content (AvgIpc) is 3.11. The molecule has 0 radical (unpaired) electrons. The number of hydrogen-bond acceptors (Lipinski definition) is 3. The van der Waals surface area contributed by atoms with Crippen LogP contribution in [0.5, 0.6) is 0 Å². The van der Waals surface area contributed by atoms with Gasteiger partial charge in [-0.15, -0.1) is 0 Å². The first-order valence-corrected chi connectivity index (χ1v) is 8.88. The van der Waals surface area contributed by atoms with E-state index in [4.69, 9.17) is 0 Å². The van der Waals surface area contributed by atoms with E-state index in [1.54, 1.807) is 0 Å². The summed E-state index contributed by atoms with van der Waals surface area (Å²) in [5, 5.41) is 0. The second-order valence-electron chi connectivity index (χ2n) is 7.39. The van der Waals surface area contributed by atoms with E-state index in [0.29, 0.717) is 12.1 Å². The highest BCUT2D eigenvalue weighted by Crippen LogP contribution is 2.38. The maximum atomic E-state index is 12.9. The van der Waals surface area contributed by atoms with Gasteiger partial charge >= 0.3 is 0 Å². The fourth-order valence-corrected chi connectivity index (χ4v) is 4.26. The summed E-state index contributed by atoms with van der Waals surface area (Å²) in [5.41, 5.74) is 2.10. The lowest BCUT2D eigenvalue weighted by Crippen LogP contribution is -2.51. The van der Waals surface area contributed by atoms with E-state index in [1.807, 2.05) is 30.6 Å². The van der Waals surface area contributed by atoms with Gasteiger partial charge in [0.2, 0.25) is 0 Å². The molecule has 124 valence electrons. The van der Waals surface area contributed by atoms with Crippen LogP contribution in [0.25, 0.3) is 0 Å². The van der Waals surface area contributed by atoms with Crippen molar-refractivity contribution in [3.05, 3.63) is 54.1 Å². The summed E-state index contributed by atoms with van der Waals surface area (Å²) >= 11 is 0. The number of likely N-dealkylation sites (tertiary alicyclic amines) is 1. The molecule has 5 rings (SSSR count). The van der Waals surface area contributed by atoms with Crippen molar-refractivity contribution in [3.63, 3.8) is 0 Å². The van der Waals surface area contributed by atoms with Gasteiger partial charge < -0.3 is 9.47 Å². The highest BCUT2D eigenvalue weighted by molar-refractivity contribution is 5.94. The van der Waals surface area contributed by atoms with Crippen LogP contribution in [-0.4, -0.2) is 50.9 Å². The van der Waals surface area contributed by atoms with Gasteiger partial charge in [-0.2, -0.15) is 0 Å². The van der Waals surface area contributed by atoms with Crippen LogP contribution in [0.3, 0.4) is 0 Å². The summed E-state index contributed by atoms with van der Waals surface area (Å²) in [7, 11) is 0. The van der Waals surface area contributed by atoms with E-state index in [1.165, 1.54) is 18.4 Å². The summed E-state index contributed by atoms with van der Waals surface area (Å²) in [4.78, 5) is 21.8. The first-order chi connectivity index (χ1) is 11.8. The molecule has 1 amide bonds. The first-order valence-electron chi connectivity index (χ1n) is 8.88. The molecule has 3 aliphatic rings. The van der Waals surface area contributed by atoms with Crippen LogP contribution in [0.15, 0.2) is 42.9 Å². The number of fused-ring (bicyclic) bond motifs is 3. The number of aromatic nitrogens is 2. The van der Waals surface area contributed by atoms with Gasteiger partial charge in [-0.3, -0.25) is 14.7 Å². The molecule has 5 heteroatoms. The van der Waals surface area contributed by atoms with Crippen LogP contribution in [-0.2, 0) is 6.54 Å². The molecule has 24 heavy (non-hydrogen) atoms. The van der Waals surface area contributed by atoms with Crippen molar-refractivity contribution >= 4 is 5.91 Å². The Balaban J connectivity index is 1.42. The summed E-state index contributed by atoms with van der Waals surface area (Å²) in [6.07, 6.45) is 8.39. The molecule has 0 spiro atoms. The topological polar surface area (TPSA) is 41.4 Å². The van der Waals surface area contributed by atoms with Crippen molar-refractivity contribution in [2.24, 2.45) is 5.92 Å². The normalized spacial score (nSPS) is 26.5. The quantitative estimate of drug-likeness (QED) is 0.866. The molecule has 0 aromatic carbocycles. The van der Waals surface area contributed by atoms with Gasteiger partial charge in [0.1, 0.15) is 5.69 Å². The number of nitrogens with zero attached hydrogens (tertiary/aromatic N) is 4. The highest BCUT2D eigenvalue weighted by Gasteiger charge is 2.46. The lowest BCUT2D eigenvalue weighted by Gasteiger charge is -2.38. The minimum absolute atomic E-state index is 0.219. The van der Waals surface area contributed by atoms with E-state index in [2.05, 4.69) is 31.6 Å². The van der Waals surface area contributed by atoms with Gasteiger partial charge in [0.05, 0.1) is 12.1 Å². The highest BCUT2D eigenvalue weighted by atomic mass is 16.2. The Kier molecular flexibility index (Phi) is 3.23. The number of carbonyl (C=O) groups is 1. The molecule has 4 heterocycles. The van der Waals surface area contributed by atoms with Gasteiger partial charge in [0.15, 0.2) is 0 Å². The molecule has 0 unspecified atom stereocenters. The molecular weight excluding hydrogens is 300 g/mol. The molecule has 1 saturated heterocycles. The van der Waals surface area contributed by atoms with Crippen LogP contribution in [0.4, 0.5) is 0 Å². The molecule has 5 nitrogen and oxygen atoms in total. The van der Waals surface area contributed by atoms with Crippen LogP contribution in [0.2, 0.25) is 0 Å².